The summed E-state index contributed by atoms with van der Waals surface area (Å²) in [4.78, 5) is 48.0. The van der Waals surface area contributed by atoms with Crippen molar-refractivity contribution in [1.29, 1.82) is 0 Å². The average Bonchev–Trinajstić information content (AvgIpc) is 2.89. The van der Waals surface area contributed by atoms with E-state index in [9.17, 15) is 28.0 Å². The number of urea groups is 1. The van der Waals surface area contributed by atoms with Crippen LogP contribution in [0.2, 0.25) is 0 Å². The SMILES string of the molecule is CN(C(=O)NCc1cccc(F)c1F)[C@H](COC(=O)Nc1cc2ccccc2cn1)C[C@H](O)COP(=O)(O)O.[NaH]. The number of halogens is 2. The molecule has 3 amide bonds. The molecule has 0 aliphatic carbocycles. The van der Waals surface area contributed by atoms with Crippen LogP contribution >= 0.6 is 7.82 Å². The number of benzene rings is 2. The van der Waals surface area contributed by atoms with E-state index in [2.05, 4.69) is 20.1 Å². The second kappa shape index (κ2) is 15.4. The van der Waals surface area contributed by atoms with Crippen molar-refractivity contribution in [2.45, 2.75) is 25.1 Å². The molecule has 1 aromatic heterocycles. The van der Waals surface area contributed by atoms with Gasteiger partial charge in [-0.05, 0) is 23.9 Å². The van der Waals surface area contributed by atoms with Gasteiger partial charge in [0.15, 0.2) is 11.6 Å². The number of hydrogen-bond donors (Lipinski definition) is 5. The normalized spacial score (nSPS) is 12.7. The predicted octanol–water partition coefficient (Wildman–Crippen LogP) is 2.48. The summed E-state index contributed by atoms with van der Waals surface area (Å²) in [5, 5.41) is 16.7. The topological polar surface area (TPSA) is 171 Å². The molecular formula is C24H28F2N4NaO8P. The zero-order chi connectivity index (χ0) is 28.6. The Morgan fingerprint density at radius 1 is 1.10 bits per heavy atom. The number of ether oxygens (including phenoxy) is 1. The molecule has 0 aliphatic heterocycles. The second-order valence-electron chi connectivity index (χ2n) is 8.45. The Labute approximate surface area is 250 Å². The Balaban J connectivity index is 0.00000560. The maximum atomic E-state index is 13.9. The summed E-state index contributed by atoms with van der Waals surface area (Å²) >= 11 is 0. The third-order valence-electron chi connectivity index (χ3n) is 5.58. The molecule has 0 fully saturated rings. The van der Waals surface area contributed by atoms with Gasteiger partial charge in [-0.25, -0.2) is 27.9 Å². The molecule has 16 heteroatoms. The number of carbonyl (C=O) groups excluding carboxylic acids is 2. The van der Waals surface area contributed by atoms with Crippen LogP contribution in [0.4, 0.5) is 24.2 Å². The first-order chi connectivity index (χ1) is 18.4. The number of fused-ring (bicyclic) bond motifs is 1. The number of amides is 3. The monoisotopic (exact) mass is 592 g/mol. The molecule has 2 atom stereocenters. The summed E-state index contributed by atoms with van der Waals surface area (Å²) in [6.07, 6.45) is -1.14. The summed E-state index contributed by atoms with van der Waals surface area (Å²) in [7, 11) is -3.57. The van der Waals surface area contributed by atoms with Crippen molar-refractivity contribution < 1.29 is 47.1 Å². The minimum absolute atomic E-state index is 0. The Morgan fingerprint density at radius 2 is 1.80 bits per heavy atom. The number of pyridine rings is 1. The molecule has 40 heavy (non-hydrogen) atoms. The number of carbonyl (C=O) groups is 2. The van der Waals surface area contributed by atoms with Gasteiger partial charge < -0.3 is 29.8 Å². The molecule has 2 aromatic carbocycles. The average molecular weight is 592 g/mol. The number of aromatic nitrogens is 1. The van der Waals surface area contributed by atoms with Gasteiger partial charge in [0.2, 0.25) is 0 Å². The van der Waals surface area contributed by atoms with Crippen molar-refractivity contribution >= 4 is 66.1 Å². The molecule has 0 aliphatic rings. The minimum atomic E-state index is -4.87. The van der Waals surface area contributed by atoms with Gasteiger partial charge in [-0.2, -0.15) is 0 Å². The molecule has 12 nitrogen and oxygen atoms in total. The van der Waals surface area contributed by atoms with Crippen LogP contribution < -0.4 is 10.6 Å². The Bertz CT molecular complexity index is 1370. The van der Waals surface area contributed by atoms with Gasteiger partial charge in [0, 0.05) is 30.7 Å². The Hall–Kier alpha value is -2.68. The molecule has 0 spiro atoms. The molecule has 0 radical (unpaired) electrons. The fraction of sp³-hybridized carbons (Fsp3) is 0.292. The summed E-state index contributed by atoms with van der Waals surface area (Å²) in [5.41, 5.74) is -0.109. The number of nitrogens with one attached hydrogen (secondary N) is 2. The predicted molar refractivity (Wildman–Crippen MR) is 143 cm³/mol. The van der Waals surface area contributed by atoms with Crippen LogP contribution in [0.1, 0.15) is 12.0 Å². The zero-order valence-corrected chi connectivity index (χ0v) is 21.6. The number of likely N-dealkylation sites (N-methyl/N-ethyl adjacent to an activating group) is 1. The van der Waals surface area contributed by atoms with E-state index >= 15 is 0 Å². The molecular weight excluding hydrogens is 564 g/mol. The van der Waals surface area contributed by atoms with Crippen molar-refractivity contribution in [3.8, 4) is 0 Å². The number of phosphoric acid groups is 1. The summed E-state index contributed by atoms with van der Waals surface area (Å²) in [6, 6.07) is 10.6. The van der Waals surface area contributed by atoms with E-state index in [1.807, 2.05) is 24.3 Å². The number of rotatable bonds is 11. The van der Waals surface area contributed by atoms with Crippen molar-refractivity contribution in [3.05, 3.63) is 71.9 Å². The summed E-state index contributed by atoms with van der Waals surface area (Å²) in [5.74, 6) is -2.00. The number of aliphatic hydroxyl groups excluding tert-OH is 1. The van der Waals surface area contributed by atoms with E-state index in [0.29, 0.717) is 0 Å². The van der Waals surface area contributed by atoms with Gasteiger partial charge in [-0.3, -0.25) is 9.84 Å². The van der Waals surface area contributed by atoms with E-state index in [1.54, 1.807) is 12.3 Å². The number of nitrogens with zero attached hydrogens (tertiary/aromatic N) is 2. The summed E-state index contributed by atoms with van der Waals surface area (Å²) < 4.78 is 47.8. The van der Waals surface area contributed by atoms with Gasteiger partial charge in [-0.15, -0.1) is 0 Å². The molecule has 0 saturated heterocycles. The van der Waals surface area contributed by atoms with E-state index < -0.39 is 56.9 Å². The number of hydrogen-bond acceptors (Lipinski definition) is 7. The van der Waals surface area contributed by atoms with Crippen molar-refractivity contribution in [2.75, 3.05) is 25.6 Å². The first-order valence-corrected chi connectivity index (χ1v) is 13.1. The van der Waals surface area contributed by atoms with Crippen LogP contribution in [0, 0.1) is 11.6 Å². The number of aliphatic hydroxyl groups is 1. The van der Waals surface area contributed by atoms with Crippen LogP contribution in [0.15, 0.2) is 54.7 Å². The molecule has 212 valence electrons. The van der Waals surface area contributed by atoms with Crippen molar-refractivity contribution in [1.82, 2.24) is 15.2 Å². The molecule has 0 saturated carbocycles. The van der Waals surface area contributed by atoms with Crippen molar-refractivity contribution in [2.24, 2.45) is 0 Å². The van der Waals surface area contributed by atoms with E-state index in [0.717, 1.165) is 21.7 Å². The van der Waals surface area contributed by atoms with Crippen LogP contribution in [0.5, 0.6) is 0 Å². The first kappa shape index (κ1) is 33.5. The molecule has 0 bridgehead atoms. The maximum absolute atomic E-state index is 13.9. The van der Waals surface area contributed by atoms with Gasteiger partial charge in [0.25, 0.3) is 0 Å². The first-order valence-electron chi connectivity index (χ1n) is 11.5. The van der Waals surface area contributed by atoms with Crippen LogP contribution in [-0.2, 0) is 20.4 Å². The van der Waals surface area contributed by atoms with Crippen LogP contribution in [0.3, 0.4) is 0 Å². The fourth-order valence-electron chi connectivity index (χ4n) is 3.51. The summed E-state index contributed by atoms with van der Waals surface area (Å²) in [6.45, 7) is -1.58. The van der Waals surface area contributed by atoms with E-state index in [4.69, 9.17) is 14.5 Å². The van der Waals surface area contributed by atoms with Gasteiger partial charge in [0.1, 0.15) is 12.4 Å². The Kier molecular flexibility index (Phi) is 12.9. The van der Waals surface area contributed by atoms with Gasteiger partial charge in [0.05, 0.1) is 18.8 Å². The third-order valence-corrected chi connectivity index (χ3v) is 6.06. The molecule has 1 heterocycles. The quantitative estimate of drug-likeness (QED) is 0.166. The van der Waals surface area contributed by atoms with Crippen molar-refractivity contribution in [3.63, 3.8) is 0 Å². The Morgan fingerprint density at radius 3 is 2.50 bits per heavy atom. The molecule has 0 unspecified atom stereocenters. The van der Waals surface area contributed by atoms with Gasteiger partial charge >= 0.3 is 49.5 Å². The zero-order valence-electron chi connectivity index (χ0n) is 20.7. The number of phosphoric ester groups is 1. The second-order valence-corrected chi connectivity index (χ2v) is 9.69. The molecule has 5 N–H and O–H groups in total. The molecule has 3 aromatic rings. The fourth-order valence-corrected chi connectivity index (χ4v) is 3.88. The molecule has 3 rings (SSSR count). The standard InChI is InChI=1S/C24H27F2N4O8P.Na.H/c1-30(23(32)28-12-17-7-4-8-20(25)22(17)26)18(10-19(31)14-38-39(34,35)36)13-37-24(33)29-21-9-15-5-2-3-6-16(15)11-27-21;;/h2-9,11,18-19,31H,10,12-14H2,1H3,(H,28,32)(H,27,29,33)(H2,34,35,36);;/t18-,19-;;/m0../s1. The van der Waals surface area contributed by atoms with Gasteiger partial charge in [-0.1, -0.05) is 36.4 Å². The third kappa shape index (κ3) is 10.4. The van der Waals surface area contributed by atoms with Crippen LogP contribution in [0.25, 0.3) is 10.8 Å². The number of anilines is 1. The van der Waals surface area contributed by atoms with E-state index in [1.165, 1.54) is 19.2 Å². The van der Waals surface area contributed by atoms with Crippen LogP contribution in [-0.4, -0.2) is 98.9 Å². The van der Waals surface area contributed by atoms with E-state index in [-0.39, 0.29) is 53.9 Å².